The van der Waals surface area contributed by atoms with E-state index in [1.54, 1.807) is 4.90 Å². The van der Waals surface area contributed by atoms with Gasteiger partial charge in [0.25, 0.3) is 5.69 Å². The molecule has 2 rings (SSSR count). The standard InChI is InChI=1S/C11H10ClF3N2O2/c12-8-5-7(11(13,14)15)6-9(17(18)19)10(8)16-3-1-2-4-16/h5-6H,1-4H2. The zero-order valence-electron chi connectivity index (χ0n) is 9.71. The van der Waals surface area contributed by atoms with Crippen molar-refractivity contribution >= 4 is 23.0 Å². The molecule has 19 heavy (non-hydrogen) atoms. The quantitative estimate of drug-likeness (QED) is 0.614. The Hall–Kier alpha value is -1.50. The van der Waals surface area contributed by atoms with Gasteiger partial charge in [-0.15, -0.1) is 0 Å². The maximum absolute atomic E-state index is 12.6. The van der Waals surface area contributed by atoms with Crippen molar-refractivity contribution in [2.45, 2.75) is 19.0 Å². The van der Waals surface area contributed by atoms with E-state index in [4.69, 9.17) is 11.6 Å². The topological polar surface area (TPSA) is 46.4 Å². The van der Waals surface area contributed by atoms with E-state index >= 15 is 0 Å². The fourth-order valence-corrected chi connectivity index (χ4v) is 2.48. The first-order valence-corrected chi connectivity index (χ1v) is 5.98. The van der Waals surface area contributed by atoms with Crippen molar-refractivity contribution in [1.29, 1.82) is 0 Å². The van der Waals surface area contributed by atoms with Crippen LogP contribution in [0.25, 0.3) is 0 Å². The van der Waals surface area contributed by atoms with Crippen molar-refractivity contribution in [3.05, 3.63) is 32.8 Å². The third-order valence-electron chi connectivity index (χ3n) is 2.99. The minimum absolute atomic E-state index is 0.0807. The van der Waals surface area contributed by atoms with Gasteiger partial charge in [-0.05, 0) is 18.9 Å². The van der Waals surface area contributed by atoms with E-state index in [1.807, 2.05) is 0 Å². The average molecular weight is 295 g/mol. The Kier molecular flexibility index (Phi) is 3.58. The maximum Gasteiger partial charge on any atom is 0.416 e. The summed E-state index contributed by atoms with van der Waals surface area (Å²) in [5, 5.41) is 10.7. The highest BCUT2D eigenvalue weighted by atomic mass is 35.5. The van der Waals surface area contributed by atoms with Crippen molar-refractivity contribution in [3.63, 3.8) is 0 Å². The number of hydrogen-bond donors (Lipinski definition) is 0. The Labute approximate surface area is 111 Å². The molecule has 1 aromatic rings. The van der Waals surface area contributed by atoms with Crippen LogP contribution in [0.15, 0.2) is 12.1 Å². The largest absolute Gasteiger partial charge is 0.416 e. The van der Waals surface area contributed by atoms with Crippen molar-refractivity contribution in [2.24, 2.45) is 0 Å². The first-order chi connectivity index (χ1) is 8.80. The molecule has 1 saturated heterocycles. The summed E-state index contributed by atoms with van der Waals surface area (Å²) >= 11 is 5.82. The van der Waals surface area contributed by atoms with Gasteiger partial charge in [0.05, 0.1) is 15.5 Å². The zero-order chi connectivity index (χ0) is 14.2. The number of benzene rings is 1. The Morgan fingerprint density at radius 1 is 1.26 bits per heavy atom. The third-order valence-corrected chi connectivity index (χ3v) is 3.28. The molecule has 0 radical (unpaired) electrons. The van der Waals surface area contributed by atoms with Gasteiger partial charge < -0.3 is 4.90 Å². The molecule has 8 heteroatoms. The van der Waals surface area contributed by atoms with Crippen LogP contribution in [0.2, 0.25) is 5.02 Å². The molecule has 0 N–H and O–H groups in total. The first-order valence-electron chi connectivity index (χ1n) is 5.61. The van der Waals surface area contributed by atoms with Crippen LogP contribution < -0.4 is 4.90 Å². The highest BCUT2D eigenvalue weighted by molar-refractivity contribution is 6.34. The minimum atomic E-state index is -4.65. The average Bonchev–Trinajstić information content (AvgIpc) is 2.79. The number of nitro benzene ring substituents is 1. The molecule has 104 valence electrons. The summed E-state index contributed by atoms with van der Waals surface area (Å²) in [6, 6.07) is 1.28. The Morgan fingerprint density at radius 3 is 2.32 bits per heavy atom. The first kappa shape index (κ1) is 13.9. The Balaban J connectivity index is 2.56. The summed E-state index contributed by atoms with van der Waals surface area (Å²) in [5.74, 6) is 0. The molecule has 0 unspecified atom stereocenters. The van der Waals surface area contributed by atoms with Crippen LogP contribution in [0.4, 0.5) is 24.5 Å². The molecule has 0 aromatic heterocycles. The number of nitrogens with zero attached hydrogens (tertiary/aromatic N) is 2. The van der Waals surface area contributed by atoms with E-state index in [-0.39, 0.29) is 10.7 Å². The van der Waals surface area contributed by atoms with Gasteiger partial charge in [0.2, 0.25) is 0 Å². The summed E-state index contributed by atoms with van der Waals surface area (Å²) in [4.78, 5) is 11.8. The predicted molar refractivity (Wildman–Crippen MR) is 64.6 cm³/mol. The van der Waals surface area contributed by atoms with Gasteiger partial charge in [0.1, 0.15) is 5.69 Å². The van der Waals surface area contributed by atoms with Gasteiger partial charge in [-0.1, -0.05) is 11.6 Å². The van der Waals surface area contributed by atoms with Gasteiger partial charge >= 0.3 is 6.18 Å². The van der Waals surface area contributed by atoms with Crippen molar-refractivity contribution in [1.82, 2.24) is 0 Å². The second-order valence-corrected chi connectivity index (χ2v) is 4.68. The highest BCUT2D eigenvalue weighted by Gasteiger charge is 2.35. The zero-order valence-corrected chi connectivity index (χ0v) is 10.5. The number of rotatable bonds is 2. The van der Waals surface area contributed by atoms with E-state index in [2.05, 4.69) is 0 Å². The Bertz CT molecular complexity index is 513. The number of halogens is 4. The number of anilines is 1. The molecule has 4 nitrogen and oxygen atoms in total. The monoisotopic (exact) mass is 294 g/mol. The van der Waals surface area contributed by atoms with Gasteiger partial charge in [0, 0.05) is 19.2 Å². The van der Waals surface area contributed by atoms with Crippen LogP contribution in [0.5, 0.6) is 0 Å². The second kappa shape index (κ2) is 4.88. The van der Waals surface area contributed by atoms with Gasteiger partial charge in [0.15, 0.2) is 0 Å². The fourth-order valence-electron chi connectivity index (χ4n) is 2.14. The summed E-state index contributed by atoms with van der Waals surface area (Å²) in [7, 11) is 0. The molecule has 1 aliphatic heterocycles. The molecule has 1 heterocycles. The lowest BCUT2D eigenvalue weighted by Gasteiger charge is -2.20. The van der Waals surface area contributed by atoms with Crippen LogP contribution in [0, 0.1) is 10.1 Å². The van der Waals surface area contributed by atoms with Crippen molar-refractivity contribution in [2.75, 3.05) is 18.0 Å². The van der Waals surface area contributed by atoms with Crippen LogP contribution in [0.3, 0.4) is 0 Å². The van der Waals surface area contributed by atoms with Crippen molar-refractivity contribution < 1.29 is 18.1 Å². The summed E-state index contributed by atoms with van der Waals surface area (Å²) in [5.41, 5.74) is -1.62. The predicted octanol–water partition coefficient (Wildman–Crippen LogP) is 3.87. The van der Waals surface area contributed by atoms with Crippen LogP contribution in [-0.2, 0) is 6.18 Å². The lowest BCUT2D eigenvalue weighted by molar-refractivity contribution is -0.384. The molecular weight excluding hydrogens is 285 g/mol. The molecule has 0 spiro atoms. The van der Waals surface area contributed by atoms with Gasteiger partial charge in [-0.2, -0.15) is 13.2 Å². The number of nitro groups is 1. The molecule has 1 aromatic carbocycles. The van der Waals surface area contributed by atoms with Gasteiger partial charge in [-0.3, -0.25) is 10.1 Å². The van der Waals surface area contributed by atoms with Gasteiger partial charge in [-0.25, -0.2) is 0 Å². The lowest BCUT2D eigenvalue weighted by Crippen LogP contribution is -2.20. The van der Waals surface area contributed by atoms with E-state index in [1.165, 1.54) is 0 Å². The lowest BCUT2D eigenvalue weighted by atomic mass is 10.1. The normalized spacial score (nSPS) is 15.9. The minimum Gasteiger partial charge on any atom is -0.365 e. The molecule has 0 saturated carbocycles. The SMILES string of the molecule is O=[N+]([O-])c1cc(C(F)(F)F)cc(Cl)c1N1CCCC1. The molecule has 0 amide bonds. The second-order valence-electron chi connectivity index (χ2n) is 4.27. The van der Waals surface area contributed by atoms with E-state index in [0.717, 1.165) is 18.9 Å². The smallest absolute Gasteiger partial charge is 0.365 e. The molecule has 0 atom stereocenters. The highest BCUT2D eigenvalue weighted by Crippen LogP contribution is 2.42. The van der Waals surface area contributed by atoms with E-state index < -0.39 is 22.4 Å². The van der Waals surface area contributed by atoms with Crippen molar-refractivity contribution in [3.8, 4) is 0 Å². The molecule has 1 fully saturated rings. The fraction of sp³-hybridized carbons (Fsp3) is 0.455. The summed E-state index contributed by atoms with van der Waals surface area (Å²) < 4.78 is 37.9. The summed E-state index contributed by atoms with van der Waals surface area (Å²) in [6.45, 7) is 1.12. The van der Waals surface area contributed by atoms with E-state index in [0.29, 0.717) is 19.2 Å². The number of alkyl halides is 3. The summed E-state index contributed by atoms with van der Waals surface area (Å²) in [6.07, 6.45) is -2.97. The van der Waals surface area contributed by atoms with Crippen LogP contribution >= 0.6 is 11.6 Å². The maximum atomic E-state index is 12.6. The number of hydrogen-bond acceptors (Lipinski definition) is 3. The molecule has 1 aliphatic rings. The molecular formula is C11H10ClF3N2O2. The third kappa shape index (κ3) is 2.75. The van der Waals surface area contributed by atoms with Crippen LogP contribution in [0.1, 0.15) is 18.4 Å². The molecule has 0 aliphatic carbocycles. The molecule has 0 bridgehead atoms. The Morgan fingerprint density at radius 2 is 1.84 bits per heavy atom. The van der Waals surface area contributed by atoms with Crippen LogP contribution in [-0.4, -0.2) is 18.0 Å². The van der Waals surface area contributed by atoms with E-state index in [9.17, 15) is 23.3 Å².